The number of hydrogen-bond donors (Lipinski definition) is 3. The Bertz CT molecular complexity index is 1180. The lowest BCUT2D eigenvalue weighted by atomic mass is 9.38. The molecular formula is C46H82N2O2S. The van der Waals surface area contributed by atoms with Gasteiger partial charge in [0.05, 0.1) is 5.76 Å². The van der Waals surface area contributed by atoms with E-state index in [1.54, 1.807) is 0 Å². The molecule has 0 bridgehead atoms. The van der Waals surface area contributed by atoms with Crippen LogP contribution in [0.1, 0.15) is 159 Å². The average molecular weight is 727 g/mol. The van der Waals surface area contributed by atoms with Crippen molar-refractivity contribution < 1.29 is 9.90 Å². The molecule has 8 fully saturated rings. The number of allylic oxidation sites excluding steroid dienone is 1. The van der Waals surface area contributed by atoms with E-state index in [9.17, 15) is 5.11 Å². The molecule has 51 heavy (non-hydrogen) atoms. The summed E-state index contributed by atoms with van der Waals surface area (Å²) in [6.07, 6.45) is 23.5. The smallest absolute Gasteiger partial charge is 0.116 e. The van der Waals surface area contributed by atoms with Crippen molar-refractivity contribution in [3.63, 3.8) is 0 Å². The molecule has 2 N–H and O–H groups in total. The second-order valence-electron chi connectivity index (χ2n) is 20.6. The standard InChI is InChI=1S/C38H64N2OS.C5H10.C2H4O.CH4/c1-24-29(26(3)41)23-30(24)28-12-16-36(4)31(25(28)2)8-9-33-32(36)10-11-34-35-7-6-15-38(35,18-17-37(33,34)5)39-19-22-40-20-13-27(42)14-21-40;1-5(2)3-4-5;1-2-3;/h24-25,27-35,39,41-42H,3,6-23H2,1-2,4-5H3;3-4H2,1-2H3;2H,1H3;1H4/t24?,25?,28?,29?,30?,31?,32?,33?,34?,35-,36?,37+,38?;;;/m1.../s1. The van der Waals surface area contributed by atoms with Crippen molar-refractivity contribution in [2.45, 2.75) is 169 Å². The van der Waals surface area contributed by atoms with Crippen LogP contribution in [0, 0.1) is 75.4 Å². The third-order valence-corrected chi connectivity index (χ3v) is 18.3. The predicted octanol–water partition coefficient (Wildman–Crippen LogP) is 11.4. The van der Waals surface area contributed by atoms with Crippen LogP contribution in [0.2, 0.25) is 0 Å². The summed E-state index contributed by atoms with van der Waals surface area (Å²) < 4.78 is 0. The maximum Gasteiger partial charge on any atom is 0.116 e. The summed E-state index contributed by atoms with van der Waals surface area (Å²) in [5.74, 6) is 8.58. The van der Waals surface area contributed by atoms with Crippen LogP contribution < -0.4 is 5.32 Å². The van der Waals surface area contributed by atoms with Crippen molar-refractivity contribution in [3.8, 4) is 0 Å². The van der Waals surface area contributed by atoms with Crippen molar-refractivity contribution in [1.29, 1.82) is 0 Å². The molecule has 4 nitrogen and oxygen atoms in total. The van der Waals surface area contributed by atoms with E-state index in [2.05, 4.69) is 58.3 Å². The molecule has 0 aromatic carbocycles. The van der Waals surface area contributed by atoms with Gasteiger partial charge in [0.15, 0.2) is 0 Å². The van der Waals surface area contributed by atoms with Crippen molar-refractivity contribution in [1.82, 2.24) is 10.2 Å². The van der Waals surface area contributed by atoms with E-state index in [1.807, 2.05) is 0 Å². The Morgan fingerprint density at radius 2 is 1.33 bits per heavy atom. The first-order valence-electron chi connectivity index (χ1n) is 21.6. The van der Waals surface area contributed by atoms with Gasteiger partial charge in [-0.2, -0.15) is 12.6 Å². The van der Waals surface area contributed by atoms with Gasteiger partial charge in [0.1, 0.15) is 6.29 Å². The highest BCUT2D eigenvalue weighted by Gasteiger charge is 2.65. The van der Waals surface area contributed by atoms with E-state index >= 15 is 0 Å². The number of aldehydes is 1. The first-order chi connectivity index (χ1) is 23.7. The molecule has 0 radical (unpaired) electrons. The molecule has 0 aromatic heterocycles. The van der Waals surface area contributed by atoms with Crippen LogP contribution in [-0.4, -0.2) is 53.3 Å². The van der Waals surface area contributed by atoms with Gasteiger partial charge in [0, 0.05) is 29.8 Å². The fraction of sp³-hybridized carbons (Fsp3) is 0.935. The molecule has 1 aliphatic heterocycles. The second-order valence-corrected chi connectivity index (χ2v) is 21.3. The first kappa shape index (κ1) is 41.6. The van der Waals surface area contributed by atoms with Crippen LogP contribution in [0.3, 0.4) is 0 Å². The molecule has 11 unspecified atom stereocenters. The Hall–Kier alpha value is -0.520. The van der Waals surface area contributed by atoms with E-state index in [0.717, 1.165) is 59.0 Å². The number of aliphatic hydroxyl groups excluding tert-OH is 1. The van der Waals surface area contributed by atoms with Gasteiger partial charge in [-0.15, -0.1) is 0 Å². The Kier molecular flexibility index (Phi) is 13.3. The minimum atomic E-state index is 0. The predicted molar refractivity (Wildman–Crippen MR) is 220 cm³/mol. The Morgan fingerprint density at radius 1 is 0.784 bits per heavy atom. The second kappa shape index (κ2) is 16.3. The van der Waals surface area contributed by atoms with E-state index < -0.39 is 0 Å². The van der Waals surface area contributed by atoms with Gasteiger partial charge < -0.3 is 20.1 Å². The number of likely N-dealkylation sites (tertiary alicyclic amines) is 1. The zero-order valence-corrected chi connectivity index (χ0v) is 34.4. The Balaban J connectivity index is 0.000000503. The molecule has 8 rings (SSSR count). The van der Waals surface area contributed by atoms with Crippen LogP contribution in [0.5, 0.6) is 0 Å². The average Bonchev–Trinajstić information content (AvgIpc) is 3.60. The molecule has 13 atom stereocenters. The van der Waals surface area contributed by atoms with E-state index in [0.29, 0.717) is 39.2 Å². The number of nitrogens with one attached hydrogen (secondary N) is 1. The molecular weight excluding hydrogens is 645 g/mol. The quantitative estimate of drug-likeness (QED) is 0.145. The molecule has 294 valence electrons. The molecule has 0 amide bonds. The molecule has 8 aliphatic rings. The van der Waals surface area contributed by atoms with Crippen LogP contribution in [0.15, 0.2) is 12.3 Å². The van der Waals surface area contributed by atoms with Gasteiger partial charge in [0.25, 0.3) is 0 Å². The number of nitrogens with zero attached hydrogens (tertiary/aromatic N) is 1. The number of carbonyl (C=O) groups excluding carboxylic acids is 1. The number of aliphatic hydroxyl groups is 1. The first-order valence-corrected chi connectivity index (χ1v) is 22.1. The SMILES string of the molecule is C.C=C(O)C1CC(C2CCC3(C)C(CCC4C3CCC3[C@H]5CCCC5(NCCN5CCC(S)CC5)CC[C@@]43C)C2C)C1C.CC1(C)CC1.CC=O. The van der Waals surface area contributed by atoms with E-state index in [4.69, 9.17) is 17.4 Å². The maximum atomic E-state index is 10.1. The summed E-state index contributed by atoms with van der Waals surface area (Å²) in [6.45, 7) is 25.5. The van der Waals surface area contributed by atoms with Gasteiger partial charge in [-0.05, 0) is 186 Å². The van der Waals surface area contributed by atoms with Crippen molar-refractivity contribution >= 4 is 18.9 Å². The van der Waals surface area contributed by atoms with Crippen molar-refractivity contribution in [3.05, 3.63) is 12.3 Å². The third-order valence-electron chi connectivity index (χ3n) is 17.7. The lowest BCUT2D eigenvalue weighted by molar-refractivity contribution is -0.183. The summed E-state index contributed by atoms with van der Waals surface area (Å²) in [6, 6.07) is 0. The largest absolute Gasteiger partial charge is 0.513 e. The molecule has 7 saturated carbocycles. The number of hydrogen-bond acceptors (Lipinski definition) is 5. The zero-order valence-electron chi connectivity index (χ0n) is 33.5. The van der Waals surface area contributed by atoms with Gasteiger partial charge in [0.2, 0.25) is 0 Å². The molecule has 1 saturated heterocycles. The lowest BCUT2D eigenvalue weighted by Gasteiger charge is -2.68. The number of piperidine rings is 1. The van der Waals surface area contributed by atoms with Crippen molar-refractivity contribution in [2.24, 2.45) is 75.4 Å². The van der Waals surface area contributed by atoms with Gasteiger partial charge in [-0.25, -0.2) is 0 Å². The molecule has 5 heteroatoms. The summed E-state index contributed by atoms with van der Waals surface area (Å²) >= 11 is 4.72. The Labute approximate surface area is 321 Å². The summed E-state index contributed by atoms with van der Waals surface area (Å²) in [5.41, 5.74) is 2.29. The molecule has 0 spiro atoms. The van der Waals surface area contributed by atoms with Crippen LogP contribution >= 0.6 is 12.6 Å². The number of thiol groups is 1. The molecule has 0 aromatic rings. The maximum absolute atomic E-state index is 10.1. The topological polar surface area (TPSA) is 52.6 Å². The third kappa shape index (κ3) is 8.08. The number of fused-ring (bicyclic) bond motifs is 7. The van der Waals surface area contributed by atoms with E-state index in [1.165, 1.54) is 136 Å². The van der Waals surface area contributed by atoms with Gasteiger partial charge >= 0.3 is 0 Å². The van der Waals surface area contributed by atoms with E-state index in [-0.39, 0.29) is 7.43 Å². The number of rotatable bonds is 6. The molecule has 1 heterocycles. The van der Waals surface area contributed by atoms with Gasteiger partial charge in [-0.3, -0.25) is 0 Å². The fourth-order valence-corrected chi connectivity index (χ4v) is 14.5. The number of carbonyl (C=O) groups is 1. The van der Waals surface area contributed by atoms with Crippen LogP contribution in [-0.2, 0) is 4.79 Å². The summed E-state index contributed by atoms with van der Waals surface area (Å²) in [4.78, 5) is 11.5. The highest BCUT2D eigenvalue weighted by Crippen LogP contribution is 2.71. The highest BCUT2D eigenvalue weighted by atomic mass is 32.1. The zero-order chi connectivity index (χ0) is 36.1. The van der Waals surface area contributed by atoms with Gasteiger partial charge in [-0.1, -0.05) is 62.0 Å². The van der Waals surface area contributed by atoms with Crippen LogP contribution in [0.4, 0.5) is 0 Å². The summed E-state index contributed by atoms with van der Waals surface area (Å²) in [7, 11) is 0. The highest BCUT2D eigenvalue weighted by molar-refractivity contribution is 7.80. The fourth-order valence-electron chi connectivity index (χ4n) is 14.3. The van der Waals surface area contributed by atoms with Crippen molar-refractivity contribution in [2.75, 3.05) is 26.2 Å². The summed E-state index contributed by atoms with van der Waals surface area (Å²) in [5, 5.41) is 15.0. The lowest BCUT2D eigenvalue weighted by Crippen LogP contribution is -2.64. The minimum Gasteiger partial charge on any atom is -0.513 e. The minimum absolute atomic E-state index is 0. The Morgan fingerprint density at radius 3 is 1.88 bits per heavy atom. The normalized spacial score (nSPS) is 46.7. The van der Waals surface area contributed by atoms with Crippen LogP contribution in [0.25, 0.3) is 0 Å². The monoisotopic (exact) mass is 727 g/mol. The molecule has 7 aliphatic carbocycles.